The molecule has 3 N–H and O–H groups in total. The molecular weight excluding hydrogens is 226 g/mol. The van der Waals surface area contributed by atoms with Crippen LogP contribution in [-0.4, -0.2) is 16.9 Å². The zero-order valence-corrected chi connectivity index (χ0v) is 10.2. The van der Waals surface area contributed by atoms with E-state index in [4.69, 9.17) is 17.3 Å². The van der Waals surface area contributed by atoms with Crippen molar-refractivity contribution < 1.29 is 4.79 Å². The number of hydrogen-bond acceptors (Lipinski definition) is 3. The fourth-order valence-electron chi connectivity index (χ4n) is 1.12. The van der Waals surface area contributed by atoms with Gasteiger partial charge in [-0.25, -0.2) is 4.98 Å². The van der Waals surface area contributed by atoms with Crippen molar-refractivity contribution in [2.45, 2.75) is 26.4 Å². The topological polar surface area (TPSA) is 68.0 Å². The lowest BCUT2D eigenvalue weighted by atomic mass is 10.1. The van der Waals surface area contributed by atoms with Crippen LogP contribution >= 0.6 is 11.6 Å². The average Bonchev–Trinajstić information content (AvgIpc) is 2.26. The molecule has 0 bridgehead atoms. The molecule has 0 aliphatic carbocycles. The molecule has 0 fully saturated rings. The second-order valence-corrected chi connectivity index (χ2v) is 4.36. The molecule has 0 aliphatic rings. The third-order valence-electron chi connectivity index (χ3n) is 2.28. The first kappa shape index (κ1) is 12.9. The van der Waals surface area contributed by atoms with Crippen molar-refractivity contribution in [3.8, 4) is 0 Å². The first-order chi connectivity index (χ1) is 7.50. The smallest absolute Gasteiger partial charge is 0.237 e. The minimum Gasteiger partial charge on any atom is -0.351 e. The molecule has 5 heteroatoms. The number of pyridine rings is 1. The highest BCUT2D eigenvalue weighted by atomic mass is 35.5. The van der Waals surface area contributed by atoms with Gasteiger partial charge < -0.3 is 11.1 Å². The minimum atomic E-state index is -0.472. The Bertz CT molecular complexity index is 351. The van der Waals surface area contributed by atoms with Crippen LogP contribution in [0.4, 0.5) is 0 Å². The summed E-state index contributed by atoms with van der Waals surface area (Å²) in [6, 6.07) is 3.03. The van der Waals surface area contributed by atoms with Crippen molar-refractivity contribution in [3.05, 3.63) is 29.0 Å². The molecule has 4 nitrogen and oxygen atoms in total. The summed E-state index contributed by atoms with van der Waals surface area (Å²) in [5.41, 5.74) is 6.60. The Balaban J connectivity index is 2.46. The van der Waals surface area contributed by atoms with Gasteiger partial charge in [0.2, 0.25) is 5.91 Å². The Morgan fingerprint density at radius 3 is 2.75 bits per heavy atom. The van der Waals surface area contributed by atoms with E-state index in [0.29, 0.717) is 11.7 Å². The standard InChI is InChI=1S/C11H16ClN3O/c1-7(2)10(13)11(16)15-6-8-3-4-9(12)14-5-8/h3-5,7,10H,6,13H2,1-2H3,(H,15,16). The maximum Gasteiger partial charge on any atom is 0.237 e. The van der Waals surface area contributed by atoms with Gasteiger partial charge in [-0.05, 0) is 17.5 Å². The Morgan fingerprint density at radius 1 is 1.56 bits per heavy atom. The van der Waals surface area contributed by atoms with Crippen molar-refractivity contribution in [2.24, 2.45) is 11.7 Å². The Labute approximate surface area is 100 Å². The van der Waals surface area contributed by atoms with Crippen LogP contribution in [0.1, 0.15) is 19.4 Å². The summed E-state index contributed by atoms with van der Waals surface area (Å²) in [7, 11) is 0. The van der Waals surface area contributed by atoms with E-state index in [0.717, 1.165) is 5.56 Å². The molecule has 1 atom stereocenters. The van der Waals surface area contributed by atoms with E-state index in [1.54, 1.807) is 12.3 Å². The number of amides is 1. The third-order valence-corrected chi connectivity index (χ3v) is 2.50. The van der Waals surface area contributed by atoms with Gasteiger partial charge in [0.25, 0.3) is 0 Å². The Kier molecular flexibility index (Phi) is 4.71. The van der Waals surface area contributed by atoms with Crippen LogP contribution in [0.5, 0.6) is 0 Å². The lowest BCUT2D eigenvalue weighted by Crippen LogP contribution is -2.43. The minimum absolute atomic E-state index is 0.128. The molecule has 1 aromatic rings. The molecule has 16 heavy (non-hydrogen) atoms. The summed E-state index contributed by atoms with van der Waals surface area (Å²) in [5, 5.41) is 3.19. The predicted octanol–water partition coefficient (Wildman–Crippen LogP) is 1.33. The molecule has 1 unspecified atom stereocenters. The molecule has 1 rings (SSSR count). The summed E-state index contributed by atoms with van der Waals surface area (Å²) in [5.74, 6) is -0.0201. The first-order valence-corrected chi connectivity index (χ1v) is 5.52. The molecule has 0 aliphatic heterocycles. The molecule has 0 saturated heterocycles. The van der Waals surface area contributed by atoms with Gasteiger partial charge in [0.1, 0.15) is 5.15 Å². The molecule has 0 radical (unpaired) electrons. The van der Waals surface area contributed by atoms with E-state index < -0.39 is 6.04 Å². The molecule has 1 amide bonds. The number of hydrogen-bond donors (Lipinski definition) is 2. The van der Waals surface area contributed by atoms with Crippen LogP contribution in [-0.2, 0) is 11.3 Å². The quantitative estimate of drug-likeness (QED) is 0.782. The number of carbonyl (C=O) groups excluding carboxylic acids is 1. The fourth-order valence-corrected chi connectivity index (χ4v) is 1.23. The van der Waals surface area contributed by atoms with E-state index in [1.807, 2.05) is 19.9 Å². The molecule has 1 aromatic heterocycles. The average molecular weight is 242 g/mol. The molecule has 0 saturated carbocycles. The van der Waals surface area contributed by atoms with Gasteiger partial charge in [-0.1, -0.05) is 31.5 Å². The predicted molar refractivity (Wildman–Crippen MR) is 63.9 cm³/mol. The number of carbonyl (C=O) groups is 1. The highest BCUT2D eigenvalue weighted by Crippen LogP contribution is 2.05. The second kappa shape index (κ2) is 5.82. The number of rotatable bonds is 4. The summed E-state index contributed by atoms with van der Waals surface area (Å²) in [6.07, 6.45) is 1.63. The van der Waals surface area contributed by atoms with Crippen molar-refractivity contribution in [2.75, 3.05) is 0 Å². The zero-order valence-electron chi connectivity index (χ0n) is 9.40. The largest absolute Gasteiger partial charge is 0.351 e. The summed E-state index contributed by atoms with van der Waals surface area (Å²) < 4.78 is 0. The Hall–Kier alpha value is -1.13. The number of aromatic nitrogens is 1. The van der Waals surface area contributed by atoms with E-state index in [9.17, 15) is 4.79 Å². The zero-order chi connectivity index (χ0) is 12.1. The Morgan fingerprint density at radius 2 is 2.25 bits per heavy atom. The van der Waals surface area contributed by atoms with Gasteiger partial charge in [-0.3, -0.25) is 4.79 Å². The fraction of sp³-hybridized carbons (Fsp3) is 0.455. The molecular formula is C11H16ClN3O. The summed E-state index contributed by atoms with van der Waals surface area (Å²) in [4.78, 5) is 15.5. The molecule has 88 valence electrons. The second-order valence-electron chi connectivity index (χ2n) is 3.98. The van der Waals surface area contributed by atoms with Crippen molar-refractivity contribution in [1.29, 1.82) is 0 Å². The van der Waals surface area contributed by atoms with Crippen LogP contribution in [0.25, 0.3) is 0 Å². The van der Waals surface area contributed by atoms with Gasteiger partial charge >= 0.3 is 0 Å². The maximum absolute atomic E-state index is 11.5. The number of nitrogens with one attached hydrogen (secondary N) is 1. The van der Waals surface area contributed by atoms with E-state index in [2.05, 4.69) is 10.3 Å². The van der Waals surface area contributed by atoms with E-state index in [1.165, 1.54) is 0 Å². The van der Waals surface area contributed by atoms with Gasteiger partial charge in [0.15, 0.2) is 0 Å². The SMILES string of the molecule is CC(C)C(N)C(=O)NCc1ccc(Cl)nc1. The lowest BCUT2D eigenvalue weighted by Gasteiger charge is -2.15. The highest BCUT2D eigenvalue weighted by Gasteiger charge is 2.16. The van der Waals surface area contributed by atoms with Crippen LogP contribution in [0.2, 0.25) is 5.15 Å². The maximum atomic E-state index is 11.5. The van der Waals surface area contributed by atoms with Gasteiger partial charge in [0, 0.05) is 12.7 Å². The number of nitrogens with zero attached hydrogens (tertiary/aromatic N) is 1. The van der Waals surface area contributed by atoms with Gasteiger partial charge in [-0.15, -0.1) is 0 Å². The van der Waals surface area contributed by atoms with Crippen LogP contribution < -0.4 is 11.1 Å². The normalized spacial score (nSPS) is 12.6. The van der Waals surface area contributed by atoms with Crippen molar-refractivity contribution in [3.63, 3.8) is 0 Å². The monoisotopic (exact) mass is 241 g/mol. The van der Waals surface area contributed by atoms with Crippen LogP contribution in [0, 0.1) is 5.92 Å². The van der Waals surface area contributed by atoms with Crippen LogP contribution in [0.3, 0.4) is 0 Å². The first-order valence-electron chi connectivity index (χ1n) is 5.14. The molecule has 0 spiro atoms. The summed E-state index contributed by atoms with van der Waals surface area (Å²) >= 11 is 5.65. The molecule has 0 aromatic carbocycles. The number of halogens is 1. The molecule has 1 heterocycles. The van der Waals surface area contributed by atoms with Gasteiger partial charge in [-0.2, -0.15) is 0 Å². The highest BCUT2D eigenvalue weighted by molar-refractivity contribution is 6.29. The van der Waals surface area contributed by atoms with Crippen molar-refractivity contribution >= 4 is 17.5 Å². The van der Waals surface area contributed by atoms with Gasteiger partial charge in [0.05, 0.1) is 6.04 Å². The van der Waals surface area contributed by atoms with E-state index >= 15 is 0 Å². The number of nitrogens with two attached hydrogens (primary N) is 1. The third kappa shape index (κ3) is 3.79. The summed E-state index contributed by atoms with van der Waals surface area (Å²) in [6.45, 7) is 4.24. The van der Waals surface area contributed by atoms with E-state index in [-0.39, 0.29) is 11.8 Å². The van der Waals surface area contributed by atoms with Crippen molar-refractivity contribution in [1.82, 2.24) is 10.3 Å². The lowest BCUT2D eigenvalue weighted by molar-refractivity contribution is -0.123. The van der Waals surface area contributed by atoms with Crippen LogP contribution in [0.15, 0.2) is 18.3 Å².